The smallest absolute Gasteiger partial charge is 0.468 e. The molecule has 0 spiro atoms. The minimum absolute atomic E-state index is 0.198. The molecule has 2 unspecified atom stereocenters. The van der Waals surface area contributed by atoms with E-state index < -0.39 is 48.2 Å². The van der Waals surface area contributed by atoms with E-state index >= 15 is 0 Å². The lowest BCUT2D eigenvalue weighted by Gasteiger charge is -2.34. The van der Waals surface area contributed by atoms with E-state index in [0.29, 0.717) is 50.4 Å². The maximum absolute atomic E-state index is 12.9. The Hall–Kier alpha value is -3.51. The van der Waals surface area contributed by atoms with Crippen LogP contribution in [0.15, 0.2) is 18.2 Å². The average Bonchev–Trinajstić information content (AvgIpc) is 3.02. The third kappa shape index (κ3) is 13.9. The number of amides is 2. The Bertz CT molecular complexity index is 1120. The highest BCUT2D eigenvalue weighted by atomic mass is 19.4. The van der Waals surface area contributed by atoms with Crippen LogP contribution in [0.4, 0.5) is 26.3 Å². The highest BCUT2D eigenvalue weighted by Gasteiger charge is 2.39. The van der Waals surface area contributed by atoms with E-state index in [1.54, 1.807) is 18.2 Å². The van der Waals surface area contributed by atoms with E-state index in [-0.39, 0.29) is 51.9 Å². The van der Waals surface area contributed by atoms with E-state index in [4.69, 9.17) is 14.5 Å². The van der Waals surface area contributed by atoms with Crippen LogP contribution in [0.5, 0.6) is 0 Å². The number of hydrogen-bond donors (Lipinski definition) is 2. The van der Waals surface area contributed by atoms with Crippen molar-refractivity contribution in [3.05, 3.63) is 29.6 Å². The molecule has 0 aromatic carbocycles. The number of halogens is 6. The van der Waals surface area contributed by atoms with Crippen LogP contribution in [-0.4, -0.2) is 128 Å². The standard InChI is InChI=1S/C30H44F6N6O6/c1-40-15-17-41(23(25(43)47-2)11-4-6-13-37-27(45)29(31,32)33)19-21-9-8-10-22(39-21)20-42(18-16-40)24(26(44)48-3)12-5-7-14-38-28(46)30(34,35)36/h8-10,23-24H,4-7,11-20H2,1-3H3,(H,37,45)(H,38,46). The first kappa shape index (κ1) is 40.7. The highest BCUT2D eigenvalue weighted by Crippen LogP contribution is 2.20. The van der Waals surface area contributed by atoms with Crippen molar-refractivity contribution in [2.24, 2.45) is 0 Å². The lowest BCUT2D eigenvalue weighted by atomic mass is 10.1. The molecule has 0 saturated carbocycles. The second-order valence-electron chi connectivity index (χ2n) is 11.4. The third-order valence-electron chi connectivity index (χ3n) is 7.86. The van der Waals surface area contributed by atoms with Gasteiger partial charge in [0.25, 0.3) is 0 Å². The Morgan fingerprint density at radius 2 is 1.12 bits per heavy atom. The van der Waals surface area contributed by atoms with Crippen molar-refractivity contribution in [1.82, 2.24) is 30.3 Å². The predicted molar refractivity (Wildman–Crippen MR) is 160 cm³/mol. The first-order valence-corrected chi connectivity index (χ1v) is 15.5. The number of esters is 2. The minimum atomic E-state index is -4.97. The summed E-state index contributed by atoms with van der Waals surface area (Å²) in [4.78, 5) is 58.5. The number of nitrogens with one attached hydrogen (secondary N) is 2. The third-order valence-corrected chi connectivity index (χ3v) is 7.86. The Kier molecular flexibility index (Phi) is 16.5. The molecule has 18 heteroatoms. The number of hydrogen-bond acceptors (Lipinski definition) is 10. The molecule has 2 N–H and O–H groups in total. The Balaban J connectivity index is 2.17. The minimum Gasteiger partial charge on any atom is -0.468 e. The van der Waals surface area contributed by atoms with Crippen LogP contribution in [0.2, 0.25) is 0 Å². The van der Waals surface area contributed by atoms with E-state index in [1.165, 1.54) is 14.2 Å². The van der Waals surface area contributed by atoms with Crippen molar-refractivity contribution in [2.75, 3.05) is 60.5 Å². The Labute approximate surface area is 275 Å². The molecular formula is C30H44F6N6O6. The molecule has 2 bridgehead atoms. The molecule has 2 heterocycles. The van der Waals surface area contributed by atoms with Crippen molar-refractivity contribution >= 4 is 23.8 Å². The molecule has 0 fully saturated rings. The van der Waals surface area contributed by atoms with Crippen LogP contribution < -0.4 is 10.6 Å². The fourth-order valence-corrected chi connectivity index (χ4v) is 5.22. The number of pyridine rings is 1. The number of unbranched alkanes of at least 4 members (excludes halogenated alkanes) is 2. The van der Waals surface area contributed by atoms with Gasteiger partial charge in [0.2, 0.25) is 0 Å². The van der Waals surface area contributed by atoms with Gasteiger partial charge in [-0.25, -0.2) is 0 Å². The van der Waals surface area contributed by atoms with Gasteiger partial charge >= 0.3 is 36.1 Å². The number of fused-ring (bicyclic) bond motifs is 2. The largest absolute Gasteiger partial charge is 0.471 e. The SMILES string of the molecule is COC(=O)C(CCCCNC(=O)C(F)(F)F)N1CCN(C)CCN(C(CCCCNC(=O)C(F)(F)F)C(=O)OC)Cc2cccc(n2)C1. The summed E-state index contributed by atoms with van der Waals surface area (Å²) in [6.07, 6.45) is -8.28. The highest BCUT2D eigenvalue weighted by molar-refractivity contribution is 5.82. The molecule has 1 aliphatic heterocycles. The summed E-state index contributed by atoms with van der Waals surface area (Å²) in [6, 6.07) is 3.90. The van der Waals surface area contributed by atoms with Gasteiger partial charge in [-0.15, -0.1) is 0 Å². The molecular weight excluding hydrogens is 654 g/mol. The van der Waals surface area contributed by atoms with Gasteiger partial charge in [-0.2, -0.15) is 26.3 Å². The summed E-state index contributed by atoms with van der Waals surface area (Å²) in [7, 11) is 4.38. The van der Waals surface area contributed by atoms with Crippen molar-refractivity contribution in [2.45, 2.75) is 76.1 Å². The van der Waals surface area contributed by atoms with Crippen molar-refractivity contribution < 1.29 is 55.0 Å². The molecule has 2 rings (SSSR count). The van der Waals surface area contributed by atoms with Crippen LogP contribution in [0.1, 0.15) is 49.9 Å². The zero-order chi connectivity index (χ0) is 35.9. The van der Waals surface area contributed by atoms with Gasteiger partial charge in [-0.05, 0) is 57.7 Å². The molecule has 12 nitrogen and oxygen atoms in total. The van der Waals surface area contributed by atoms with Gasteiger partial charge in [0.05, 0.1) is 25.6 Å². The number of methoxy groups -OCH3 is 2. The van der Waals surface area contributed by atoms with Crippen LogP contribution in [0, 0.1) is 0 Å². The maximum atomic E-state index is 12.9. The lowest BCUT2D eigenvalue weighted by Crippen LogP contribution is -2.48. The number of aromatic nitrogens is 1. The van der Waals surface area contributed by atoms with Crippen LogP contribution in [-0.2, 0) is 41.7 Å². The van der Waals surface area contributed by atoms with Crippen LogP contribution in [0.3, 0.4) is 0 Å². The molecule has 48 heavy (non-hydrogen) atoms. The van der Waals surface area contributed by atoms with Crippen molar-refractivity contribution in [3.63, 3.8) is 0 Å². The molecule has 2 amide bonds. The zero-order valence-corrected chi connectivity index (χ0v) is 27.3. The Morgan fingerprint density at radius 1 is 0.729 bits per heavy atom. The monoisotopic (exact) mass is 698 g/mol. The van der Waals surface area contributed by atoms with Gasteiger partial charge in [-0.3, -0.25) is 34.0 Å². The van der Waals surface area contributed by atoms with Gasteiger partial charge < -0.3 is 25.0 Å². The molecule has 0 aliphatic carbocycles. The molecule has 1 aromatic rings. The summed E-state index contributed by atoms with van der Waals surface area (Å²) in [6.45, 7) is 1.88. The topological polar surface area (TPSA) is 133 Å². The number of carbonyl (C=O) groups is 4. The first-order valence-electron chi connectivity index (χ1n) is 15.5. The Morgan fingerprint density at radius 3 is 1.48 bits per heavy atom. The molecule has 1 aliphatic rings. The quantitative estimate of drug-likeness (QED) is 0.170. The summed E-state index contributed by atoms with van der Waals surface area (Å²) >= 11 is 0. The number of likely N-dealkylation sites (N-methyl/N-ethyl adjacent to an activating group) is 1. The first-order chi connectivity index (χ1) is 22.6. The van der Waals surface area contributed by atoms with Crippen molar-refractivity contribution in [1.29, 1.82) is 0 Å². The normalized spacial score (nSPS) is 16.9. The molecule has 272 valence electrons. The lowest BCUT2D eigenvalue weighted by molar-refractivity contribution is -0.173. The summed E-state index contributed by atoms with van der Waals surface area (Å²) in [5.74, 6) is -5.05. The number of ether oxygens (including phenoxy) is 2. The maximum Gasteiger partial charge on any atom is 0.471 e. The number of rotatable bonds is 14. The number of carbonyl (C=O) groups excluding carboxylic acids is 4. The molecule has 0 radical (unpaired) electrons. The van der Waals surface area contributed by atoms with Gasteiger partial charge in [0.15, 0.2) is 0 Å². The van der Waals surface area contributed by atoms with Crippen molar-refractivity contribution in [3.8, 4) is 0 Å². The zero-order valence-electron chi connectivity index (χ0n) is 27.3. The number of nitrogens with zero attached hydrogens (tertiary/aromatic N) is 4. The van der Waals surface area contributed by atoms with E-state index in [2.05, 4.69) is 0 Å². The van der Waals surface area contributed by atoms with Gasteiger partial charge in [-0.1, -0.05) is 6.07 Å². The molecule has 1 aromatic heterocycles. The fraction of sp³-hybridized carbons (Fsp3) is 0.700. The van der Waals surface area contributed by atoms with E-state index in [1.807, 2.05) is 32.4 Å². The van der Waals surface area contributed by atoms with Gasteiger partial charge in [0, 0.05) is 52.4 Å². The van der Waals surface area contributed by atoms with Crippen LogP contribution in [0.25, 0.3) is 0 Å². The fourth-order valence-electron chi connectivity index (χ4n) is 5.22. The van der Waals surface area contributed by atoms with Crippen LogP contribution >= 0.6 is 0 Å². The number of alkyl halides is 6. The van der Waals surface area contributed by atoms with E-state index in [9.17, 15) is 45.5 Å². The van der Waals surface area contributed by atoms with Gasteiger partial charge in [0.1, 0.15) is 12.1 Å². The molecule has 2 atom stereocenters. The average molecular weight is 699 g/mol. The summed E-state index contributed by atoms with van der Waals surface area (Å²) in [5.41, 5.74) is 1.24. The molecule has 0 saturated heterocycles. The predicted octanol–water partition coefficient (Wildman–Crippen LogP) is 2.41. The summed E-state index contributed by atoms with van der Waals surface area (Å²) in [5, 5.41) is 3.65. The van der Waals surface area contributed by atoms with E-state index in [0.717, 1.165) is 0 Å². The second-order valence-corrected chi connectivity index (χ2v) is 11.4. The summed E-state index contributed by atoms with van der Waals surface area (Å²) < 4.78 is 85.0. The second kappa shape index (κ2) is 19.5.